The lowest BCUT2D eigenvalue weighted by atomic mass is 10.2. The number of amides is 1. The number of hydrogen-bond acceptors (Lipinski definition) is 2. The predicted molar refractivity (Wildman–Crippen MR) is 92.6 cm³/mol. The summed E-state index contributed by atoms with van der Waals surface area (Å²) in [6.07, 6.45) is 0.402. The van der Waals surface area contributed by atoms with Crippen molar-refractivity contribution < 1.29 is 4.79 Å². The minimum Gasteiger partial charge on any atom is -0.384 e. The molecule has 0 saturated heterocycles. The van der Waals surface area contributed by atoms with Crippen molar-refractivity contribution in [2.24, 2.45) is 0 Å². The van der Waals surface area contributed by atoms with Gasteiger partial charge in [0.05, 0.1) is 0 Å². The maximum atomic E-state index is 11.8. The van der Waals surface area contributed by atoms with Crippen LogP contribution in [0.25, 0.3) is 0 Å². The van der Waals surface area contributed by atoms with E-state index < -0.39 is 0 Å². The molecular formula is C17H18Cl2N2O. The Bertz CT molecular complexity index is 642. The van der Waals surface area contributed by atoms with Gasteiger partial charge in [0.25, 0.3) is 0 Å². The molecule has 0 aromatic heterocycles. The molecule has 2 N–H and O–H groups in total. The Hall–Kier alpha value is -1.71. The molecule has 2 aromatic carbocycles. The fourth-order valence-corrected chi connectivity index (χ4v) is 2.28. The molecule has 2 aromatic rings. The van der Waals surface area contributed by atoms with Crippen molar-refractivity contribution in [2.45, 2.75) is 19.9 Å². The van der Waals surface area contributed by atoms with E-state index in [-0.39, 0.29) is 5.91 Å². The molecule has 0 saturated carbocycles. The van der Waals surface area contributed by atoms with E-state index in [4.69, 9.17) is 23.2 Å². The molecule has 0 fully saturated rings. The average Bonchev–Trinajstić information content (AvgIpc) is 2.50. The van der Waals surface area contributed by atoms with Crippen LogP contribution in [0.5, 0.6) is 0 Å². The molecule has 5 heteroatoms. The van der Waals surface area contributed by atoms with Crippen molar-refractivity contribution >= 4 is 34.8 Å². The van der Waals surface area contributed by atoms with E-state index in [0.717, 1.165) is 16.8 Å². The van der Waals surface area contributed by atoms with Gasteiger partial charge in [-0.2, -0.15) is 0 Å². The fraction of sp³-hybridized carbons (Fsp3) is 0.235. The average molecular weight is 337 g/mol. The number of aryl methyl sites for hydroxylation is 1. The molecule has 0 aliphatic carbocycles. The van der Waals surface area contributed by atoms with Crippen LogP contribution >= 0.6 is 23.2 Å². The first-order chi connectivity index (χ1) is 10.5. The highest BCUT2D eigenvalue weighted by molar-refractivity contribution is 6.31. The number of benzene rings is 2. The van der Waals surface area contributed by atoms with Gasteiger partial charge < -0.3 is 10.6 Å². The number of rotatable bonds is 6. The van der Waals surface area contributed by atoms with E-state index in [1.807, 2.05) is 49.4 Å². The quantitative estimate of drug-likeness (QED) is 0.819. The summed E-state index contributed by atoms with van der Waals surface area (Å²) in [4.78, 5) is 11.8. The first-order valence-corrected chi connectivity index (χ1v) is 7.81. The van der Waals surface area contributed by atoms with E-state index in [9.17, 15) is 4.79 Å². The summed E-state index contributed by atoms with van der Waals surface area (Å²) in [7, 11) is 0. The lowest BCUT2D eigenvalue weighted by Gasteiger charge is -2.10. The zero-order valence-electron chi connectivity index (χ0n) is 12.3. The third-order valence-corrected chi connectivity index (χ3v) is 3.76. The summed E-state index contributed by atoms with van der Waals surface area (Å²) in [5.74, 6) is 0.00197. The molecule has 0 aliphatic heterocycles. The van der Waals surface area contributed by atoms with Gasteiger partial charge in [-0.1, -0.05) is 41.4 Å². The van der Waals surface area contributed by atoms with Gasteiger partial charge in [0.2, 0.25) is 5.91 Å². The first-order valence-electron chi connectivity index (χ1n) is 7.06. The second-order valence-electron chi connectivity index (χ2n) is 5.04. The van der Waals surface area contributed by atoms with Gasteiger partial charge in [0.15, 0.2) is 0 Å². The molecule has 0 bridgehead atoms. The molecule has 116 valence electrons. The summed E-state index contributed by atoms with van der Waals surface area (Å²) in [6.45, 7) is 3.07. The zero-order chi connectivity index (χ0) is 15.9. The third kappa shape index (κ3) is 5.24. The molecule has 0 unspecified atom stereocenters. The maximum absolute atomic E-state index is 11.8. The largest absolute Gasteiger partial charge is 0.384 e. The highest BCUT2D eigenvalue weighted by atomic mass is 35.5. The molecule has 2 rings (SSSR count). The third-order valence-electron chi connectivity index (χ3n) is 3.27. The fourth-order valence-electron chi connectivity index (χ4n) is 1.99. The van der Waals surface area contributed by atoms with E-state index >= 15 is 0 Å². The van der Waals surface area contributed by atoms with Gasteiger partial charge in [0.1, 0.15) is 0 Å². The SMILES string of the molecule is Cc1ccc(Cl)cc1NCCC(=O)NCc1ccc(Cl)cc1. The molecule has 0 aliphatic rings. The highest BCUT2D eigenvalue weighted by Crippen LogP contribution is 2.19. The summed E-state index contributed by atoms with van der Waals surface area (Å²) in [5, 5.41) is 7.48. The van der Waals surface area contributed by atoms with Crippen molar-refractivity contribution in [1.82, 2.24) is 5.32 Å². The number of nitrogens with one attached hydrogen (secondary N) is 2. The Kier molecular flexibility index (Phi) is 6.10. The first kappa shape index (κ1) is 16.7. The molecule has 0 atom stereocenters. The Balaban J connectivity index is 1.73. The molecular weight excluding hydrogens is 319 g/mol. The Morgan fingerprint density at radius 2 is 1.73 bits per heavy atom. The Morgan fingerprint density at radius 3 is 2.45 bits per heavy atom. The van der Waals surface area contributed by atoms with E-state index in [2.05, 4.69) is 10.6 Å². The van der Waals surface area contributed by atoms with Gasteiger partial charge >= 0.3 is 0 Å². The number of carbonyl (C=O) groups is 1. The van der Waals surface area contributed by atoms with Crippen LogP contribution in [0.3, 0.4) is 0 Å². The predicted octanol–water partition coefficient (Wildman–Crippen LogP) is 4.42. The molecule has 22 heavy (non-hydrogen) atoms. The minimum atomic E-state index is 0.00197. The maximum Gasteiger partial charge on any atom is 0.222 e. The monoisotopic (exact) mass is 336 g/mol. The van der Waals surface area contributed by atoms with Crippen molar-refractivity contribution in [2.75, 3.05) is 11.9 Å². The van der Waals surface area contributed by atoms with Crippen LogP contribution in [0.15, 0.2) is 42.5 Å². The molecule has 1 amide bonds. The topological polar surface area (TPSA) is 41.1 Å². The van der Waals surface area contributed by atoms with Gasteiger partial charge in [-0.3, -0.25) is 4.79 Å². The van der Waals surface area contributed by atoms with Crippen molar-refractivity contribution in [3.05, 3.63) is 63.6 Å². The molecule has 0 heterocycles. The van der Waals surface area contributed by atoms with E-state index in [1.165, 1.54) is 0 Å². The zero-order valence-corrected chi connectivity index (χ0v) is 13.8. The molecule has 3 nitrogen and oxygen atoms in total. The summed E-state index contributed by atoms with van der Waals surface area (Å²) < 4.78 is 0. The van der Waals surface area contributed by atoms with E-state index in [1.54, 1.807) is 0 Å². The molecule has 0 radical (unpaired) electrons. The van der Waals surface area contributed by atoms with Gasteiger partial charge in [-0.15, -0.1) is 0 Å². The van der Waals surface area contributed by atoms with Crippen molar-refractivity contribution in [1.29, 1.82) is 0 Å². The second kappa shape index (κ2) is 8.06. The summed E-state index contributed by atoms with van der Waals surface area (Å²) >= 11 is 11.8. The van der Waals surface area contributed by atoms with Gasteiger partial charge in [-0.25, -0.2) is 0 Å². The van der Waals surface area contributed by atoms with Crippen molar-refractivity contribution in [3.63, 3.8) is 0 Å². The Morgan fingerprint density at radius 1 is 1.05 bits per heavy atom. The van der Waals surface area contributed by atoms with Crippen LogP contribution in [0.2, 0.25) is 10.0 Å². The van der Waals surface area contributed by atoms with Crippen LogP contribution in [0, 0.1) is 6.92 Å². The van der Waals surface area contributed by atoms with Crippen LogP contribution in [-0.2, 0) is 11.3 Å². The lowest BCUT2D eigenvalue weighted by molar-refractivity contribution is -0.121. The van der Waals surface area contributed by atoms with Crippen LogP contribution in [0.1, 0.15) is 17.5 Å². The molecule has 0 spiro atoms. The van der Waals surface area contributed by atoms with Crippen LogP contribution < -0.4 is 10.6 Å². The number of hydrogen-bond donors (Lipinski definition) is 2. The lowest BCUT2D eigenvalue weighted by Crippen LogP contribution is -2.24. The van der Waals surface area contributed by atoms with E-state index in [0.29, 0.717) is 29.6 Å². The number of anilines is 1. The van der Waals surface area contributed by atoms with Crippen molar-refractivity contribution in [3.8, 4) is 0 Å². The summed E-state index contributed by atoms with van der Waals surface area (Å²) in [5.41, 5.74) is 3.08. The van der Waals surface area contributed by atoms with Crippen LogP contribution in [0.4, 0.5) is 5.69 Å². The minimum absolute atomic E-state index is 0.00197. The van der Waals surface area contributed by atoms with Gasteiger partial charge in [-0.05, 0) is 42.3 Å². The van der Waals surface area contributed by atoms with Gasteiger partial charge in [0, 0.05) is 35.2 Å². The Labute approximate surface area is 140 Å². The smallest absolute Gasteiger partial charge is 0.222 e. The number of halogens is 2. The summed E-state index contributed by atoms with van der Waals surface area (Å²) in [6, 6.07) is 13.1. The number of carbonyl (C=O) groups excluding carboxylic acids is 1. The van der Waals surface area contributed by atoms with Crippen LogP contribution in [-0.4, -0.2) is 12.5 Å². The second-order valence-corrected chi connectivity index (χ2v) is 5.91. The normalized spacial score (nSPS) is 10.3. The standard InChI is InChI=1S/C17H18Cl2N2O/c1-12-2-5-15(19)10-16(12)20-9-8-17(22)21-11-13-3-6-14(18)7-4-13/h2-7,10,20H,8-9,11H2,1H3,(H,21,22). The highest BCUT2D eigenvalue weighted by Gasteiger charge is 2.03.